The second-order valence-corrected chi connectivity index (χ2v) is 8.43. The second kappa shape index (κ2) is 9.48. The van der Waals surface area contributed by atoms with Crippen LogP contribution in [0, 0.1) is 0 Å². The molecule has 0 aromatic heterocycles. The Labute approximate surface area is 202 Å². The maximum Gasteiger partial charge on any atom is 0.335 e. The molecular formula is C24H16BrClN2O5. The number of nitrogens with one attached hydrogen (secondary N) is 1. The van der Waals surface area contributed by atoms with Gasteiger partial charge >= 0.3 is 12.0 Å². The van der Waals surface area contributed by atoms with Crippen LogP contribution in [0.4, 0.5) is 10.5 Å². The number of anilines is 1. The third-order valence-corrected chi connectivity index (χ3v) is 5.58. The summed E-state index contributed by atoms with van der Waals surface area (Å²) in [5.74, 6) is -1.02. The molecule has 2 N–H and O–H groups in total. The van der Waals surface area contributed by atoms with Crippen LogP contribution in [0.2, 0.25) is 5.02 Å². The van der Waals surface area contributed by atoms with Gasteiger partial charge in [-0.15, -0.1) is 0 Å². The van der Waals surface area contributed by atoms with Crippen molar-refractivity contribution >= 4 is 57.2 Å². The highest BCUT2D eigenvalue weighted by Gasteiger charge is 2.35. The number of carbonyl (C=O) groups is 3. The van der Waals surface area contributed by atoms with Crippen LogP contribution in [0.3, 0.4) is 0 Å². The molecule has 3 aromatic carbocycles. The van der Waals surface area contributed by atoms with Crippen LogP contribution in [-0.2, 0) is 11.4 Å². The fourth-order valence-electron chi connectivity index (χ4n) is 3.18. The Hall–Kier alpha value is -3.62. The van der Waals surface area contributed by atoms with Crippen molar-refractivity contribution in [1.29, 1.82) is 0 Å². The van der Waals surface area contributed by atoms with E-state index in [0.29, 0.717) is 22.0 Å². The first-order valence-corrected chi connectivity index (χ1v) is 10.9. The van der Waals surface area contributed by atoms with E-state index in [-0.39, 0.29) is 17.9 Å². The van der Waals surface area contributed by atoms with E-state index in [1.807, 2.05) is 0 Å². The Morgan fingerprint density at radius 3 is 2.42 bits per heavy atom. The predicted molar refractivity (Wildman–Crippen MR) is 127 cm³/mol. The number of nitrogens with zero attached hydrogens (tertiary/aromatic N) is 1. The molecule has 7 nitrogen and oxygen atoms in total. The fraction of sp³-hybridized carbons (Fsp3) is 0.0417. The van der Waals surface area contributed by atoms with Gasteiger partial charge in [0.15, 0.2) is 0 Å². The maximum absolute atomic E-state index is 12.9. The van der Waals surface area contributed by atoms with Crippen molar-refractivity contribution in [2.24, 2.45) is 0 Å². The molecule has 0 unspecified atom stereocenters. The second-order valence-electron chi connectivity index (χ2n) is 7.08. The summed E-state index contributed by atoms with van der Waals surface area (Å²) in [6.45, 7) is 0.189. The Bertz CT molecular complexity index is 1270. The van der Waals surface area contributed by atoms with E-state index in [9.17, 15) is 14.4 Å². The van der Waals surface area contributed by atoms with Crippen LogP contribution in [0.15, 0.2) is 76.9 Å². The van der Waals surface area contributed by atoms with Crippen LogP contribution in [0.1, 0.15) is 21.5 Å². The molecule has 0 radical (unpaired) electrons. The van der Waals surface area contributed by atoms with Gasteiger partial charge in [-0.1, -0.05) is 39.7 Å². The summed E-state index contributed by atoms with van der Waals surface area (Å²) in [6.07, 6.45) is 1.55. The summed E-state index contributed by atoms with van der Waals surface area (Å²) in [6, 6.07) is 17.5. The third-order valence-electron chi connectivity index (χ3n) is 4.83. The van der Waals surface area contributed by atoms with Gasteiger partial charge in [0.05, 0.1) is 11.3 Å². The number of hydrogen-bond acceptors (Lipinski definition) is 4. The Morgan fingerprint density at radius 2 is 1.76 bits per heavy atom. The van der Waals surface area contributed by atoms with Crippen molar-refractivity contribution in [1.82, 2.24) is 5.32 Å². The van der Waals surface area contributed by atoms with Crippen LogP contribution >= 0.6 is 27.5 Å². The van der Waals surface area contributed by atoms with E-state index in [4.69, 9.17) is 21.4 Å². The SMILES string of the molecule is O=C(O)c1ccc(COc2ccc(Br)cc2/C=C2/NC(=O)N(c3ccc(Cl)cc3)C2=O)cc1. The lowest BCUT2D eigenvalue weighted by Gasteiger charge is -2.12. The molecule has 3 aromatic rings. The summed E-state index contributed by atoms with van der Waals surface area (Å²) < 4.78 is 6.67. The van der Waals surface area contributed by atoms with Crippen molar-refractivity contribution in [3.05, 3.63) is 98.6 Å². The monoisotopic (exact) mass is 526 g/mol. The zero-order chi connectivity index (χ0) is 23.5. The molecule has 9 heteroatoms. The van der Waals surface area contributed by atoms with E-state index < -0.39 is 17.9 Å². The molecule has 0 saturated carbocycles. The van der Waals surface area contributed by atoms with Crippen molar-refractivity contribution < 1.29 is 24.2 Å². The van der Waals surface area contributed by atoms with E-state index in [0.717, 1.165) is 14.9 Å². The van der Waals surface area contributed by atoms with Crippen LogP contribution in [0.25, 0.3) is 6.08 Å². The first-order valence-electron chi connectivity index (χ1n) is 9.69. The normalized spacial score (nSPS) is 14.5. The Kier molecular flexibility index (Phi) is 6.48. The van der Waals surface area contributed by atoms with Crippen molar-refractivity contribution in [2.45, 2.75) is 6.61 Å². The molecule has 0 atom stereocenters. The van der Waals surface area contributed by atoms with Gasteiger partial charge in [0.1, 0.15) is 18.1 Å². The average molecular weight is 528 g/mol. The minimum absolute atomic E-state index is 0.101. The highest BCUT2D eigenvalue weighted by molar-refractivity contribution is 9.10. The third kappa shape index (κ3) is 5.08. The van der Waals surface area contributed by atoms with Gasteiger partial charge in [0.2, 0.25) is 0 Å². The number of carboxylic acids is 1. The number of benzene rings is 3. The van der Waals surface area contributed by atoms with Gasteiger partial charge in [-0.05, 0) is 66.2 Å². The maximum atomic E-state index is 12.9. The summed E-state index contributed by atoms with van der Waals surface area (Å²) in [4.78, 5) is 37.4. The lowest BCUT2D eigenvalue weighted by molar-refractivity contribution is -0.113. The highest BCUT2D eigenvalue weighted by atomic mass is 79.9. The molecule has 1 fully saturated rings. The molecule has 0 spiro atoms. The number of aromatic carboxylic acids is 1. The zero-order valence-electron chi connectivity index (χ0n) is 16.9. The summed E-state index contributed by atoms with van der Waals surface area (Å²) in [7, 11) is 0. The van der Waals surface area contributed by atoms with Gasteiger partial charge < -0.3 is 15.2 Å². The zero-order valence-corrected chi connectivity index (χ0v) is 19.3. The number of halogens is 2. The number of hydrogen-bond donors (Lipinski definition) is 2. The number of imide groups is 1. The van der Waals surface area contributed by atoms with E-state index >= 15 is 0 Å². The summed E-state index contributed by atoms with van der Waals surface area (Å²) in [5.41, 5.74) is 2.05. The van der Waals surface area contributed by atoms with Gasteiger partial charge in [0, 0.05) is 15.1 Å². The molecule has 0 bridgehead atoms. The molecule has 1 aliphatic heterocycles. The van der Waals surface area contributed by atoms with E-state index in [1.54, 1.807) is 60.7 Å². The highest BCUT2D eigenvalue weighted by Crippen LogP contribution is 2.29. The van der Waals surface area contributed by atoms with Crippen molar-refractivity contribution in [3.63, 3.8) is 0 Å². The lowest BCUT2D eigenvalue weighted by atomic mass is 10.1. The Balaban J connectivity index is 1.57. The number of amides is 3. The van der Waals surface area contributed by atoms with E-state index in [1.165, 1.54) is 12.1 Å². The number of carboxylic acid groups (broad SMARTS) is 1. The van der Waals surface area contributed by atoms with Gasteiger partial charge in [0.25, 0.3) is 5.91 Å². The summed E-state index contributed by atoms with van der Waals surface area (Å²) in [5, 5.41) is 12.1. The minimum atomic E-state index is -1.000. The van der Waals surface area contributed by atoms with Gasteiger partial charge in [-0.2, -0.15) is 0 Å². The standard InChI is InChI=1S/C24H16BrClN2O5/c25-17-5-10-21(33-13-14-1-3-15(4-2-14)23(30)31)16(11-17)12-20-22(29)28(24(32)27-20)19-8-6-18(26)7-9-19/h1-12H,13H2,(H,27,32)(H,30,31)/b20-12+. The first kappa shape index (κ1) is 22.6. The van der Waals surface area contributed by atoms with Crippen molar-refractivity contribution in [2.75, 3.05) is 4.90 Å². The fourth-order valence-corrected chi connectivity index (χ4v) is 3.69. The molecule has 0 aliphatic carbocycles. The number of urea groups is 1. The van der Waals surface area contributed by atoms with Crippen LogP contribution < -0.4 is 15.0 Å². The van der Waals surface area contributed by atoms with Crippen LogP contribution in [-0.4, -0.2) is 23.0 Å². The molecular weight excluding hydrogens is 512 g/mol. The average Bonchev–Trinajstić information content (AvgIpc) is 3.07. The first-order chi connectivity index (χ1) is 15.8. The van der Waals surface area contributed by atoms with Crippen molar-refractivity contribution in [3.8, 4) is 5.75 Å². The molecule has 166 valence electrons. The molecule has 1 saturated heterocycles. The molecule has 4 rings (SSSR count). The molecule has 1 aliphatic rings. The van der Waals surface area contributed by atoms with E-state index in [2.05, 4.69) is 21.2 Å². The van der Waals surface area contributed by atoms with Gasteiger partial charge in [-0.25, -0.2) is 14.5 Å². The smallest absolute Gasteiger partial charge is 0.335 e. The van der Waals surface area contributed by atoms with Gasteiger partial charge in [-0.3, -0.25) is 4.79 Å². The topological polar surface area (TPSA) is 95.9 Å². The minimum Gasteiger partial charge on any atom is -0.488 e. The van der Waals surface area contributed by atoms with Crippen LogP contribution in [0.5, 0.6) is 5.75 Å². The summed E-state index contributed by atoms with van der Waals surface area (Å²) >= 11 is 9.31. The molecule has 1 heterocycles. The number of rotatable bonds is 6. The molecule has 3 amide bonds. The Morgan fingerprint density at radius 1 is 1.06 bits per heavy atom. The lowest BCUT2D eigenvalue weighted by Crippen LogP contribution is -2.30. The predicted octanol–water partition coefficient (Wildman–Crippen LogP) is 5.48. The largest absolute Gasteiger partial charge is 0.488 e. The number of ether oxygens (including phenoxy) is 1. The number of carbonyl (C=O) groups excluding carboxylic acids is 2. The quantitative estimate of drug-likeness (QED) is 0.327. The molecule has 33 heavy (non-hydrogen) atoms.